The van der Waals surface area contributed by atoms with Gasteiger partial charge in [0.05, 0.1) is 24.1 Å². The van der Waals surface area contributed by atoms with E-state index in [0.717, 1.165) is 12.1 Å². The standard InChI is InChI=1S/C25H28F4N2O6/c1-24(2,34)14-35-17-7-8-18(23(30)33)21(12-17)36-20-9-10-31(13-19(20)26)22(32)11-15-3-5-16(6-4-15)37-25(27,28)29/h3-8,12,19-20,34H,9-11,13-14H2,1-2H3,(H2,30,33)/t19-,20-/m1/s1. The largest absolute Gasteiger partial charge is 0.573 e. The minimum atomic E-state index is -4.82. The topological polar surface area (TPSA) is 111 Å². The third-order valence-corrected chi connectivity index (χ3v) is 5.44. The molecule has 0 aromatic heterocycles. The summed E-state index contributed by atoms with van der Waals surface area (Å²) in [5.74, 6) is -1.27. The van der Waals surface area contributed by atoms with Gasteiger partial charge < -0.3 is 30.0 Å². The maximum atomic E-state index is 15.0. The number of primary amides is 1. The summed E-state index contributed by atoms with van der Waals surface area (Å²) in [6.45, 7) is 2.98. The molecule has 0 aliphatic carbocycles. The zero-order valence-electron chi connectivity index (χ0n) is 20.3. The Bertz CT molecular complexity index is 1100. The van der Waals surface area contributed by atoms with E-state index < -0.39 is 41.8 Å². The first-order chi connectivity index (χ1) is 17.2. The van der Waals surface area contributed by atoms with Crippen LogP contribution in [0.25, 0.3) is 0 Å². The van der Waals surface area contributed by atoms with Crippen molar-refractivity contribution in [3.8, 4) is 17.2 Å². The zero-order chi connectivity index (χ0) is 27.4. The molecule has 2 aromatic rings. The summed E-state index contributed by atoms with van der Waals surface area (Å²) in [5, 5.41) is 9.84. The summed E-state index contributed by atoms with van der Waals surface area (Å²) < 4.78 is 67.0. The van der Waals surface area contributed by atoms with Crippen LogP contribution in [0.3, 0.4) is 0 Å². The molecule has 8 nitrogen and oxygen atoms in total. The Hall–Kier alpha value is -3.54. The summed E-state index contributed by atoms with van der Waals surface area (Å²) in [7, 11) is 0. The first-order valence-electron chi connectivity index (χ1n) is 11.4. The number of ether oxygens (including phenoxy) is 3. The Morgan fingerprint density at radius 1 is 1.11 bits per heavy atom. The number of nitrogens with two attached hydrogens (primary N) is 1. The van der Waals surface area contributed by atoms with E-state index in [1.165, 1.54) is 35.2 Å². The smallest absolute Gasteiger partial charge is 0.490 e. The minimum absolute atomic E-state index is 0.0225. The third-order valence-electron chi connectivity index (χ3n) is 5.44. The van der Waals surface area contributed by atoms with E-state index in [2.05, 4.69) is 4.74 Å². The van der Waals surface area contributed by atoms with Gasteiger partial charge in [-0.05, 0) is 43.7 Å². The molecule has 2 aromatic carbocycles. The van der Waals surface area contributed by atoms with Crippen LogP contribution in [0.15, 0.2) is 42.5 Å². The van der Waals surface area contributed by atoms with Gasteiger partial charge in [-0.2, -0.15) is 0 Å². The molecule has 12 heteroatoms. The monoisotopic (exact) mass is 528 g/mol. The summed E-state index contributed by atoms with van der Waals surface area (Å²) in [5.41, 5.74) is 4.78. The van der Waals surface area contributed by atoms with Crippen molar-refractivity contribution in [3.05, 3.63) is 53.6 Å². The van der Waals surface area contributed by atoms with E-state index in [1.807, 2.05) is 0 Å². The van der Waals surface area contributed by atoms with Crippen molar-refractivity contribution in [2.75, 3.05) is 19.7 Å². The van der Waals surface area contributed by atoms with Crippen LogP contribution in [0.4, 0.5) is 17.6 Å². The van der Waals surface area contributed by atoms with Crippen molar-refractivity contribution in [2.45, 2.75) is 50.9 Å². The normalized spacial score (nSPS) is 18.3. The van der Waals surface area contributed by atoms with E-state index in [1.54, 1.807) is 13.8 Å². The number of amides is 2. The van der Waals surface area contributed by atoms with Crippen molar-refractivity contribution < 1.29 is 46.5 Å². The molecular weight excluding hydrogens is 500 g/mol. The average Bonchev–Trinajstić information content (AvgIpc) is 2.79. The third kappa shape index (κ3) is 8.52. The fourth-order valence-corrected chi connectivity index (χ4v) is 3.65. The van der Waals surface area contributed by atoms with Crippen LogP contribution in [0.5, 0.6) is 17.2 Å². The Labute approximate surface area is 210 Å². The average molecular weight is 528 g/mol. The van der Waals surface area contributed by atoms with E-state index in [-0.39, 0.29) is 49.6 Å². The highest BCUT2D eigenvalue weighted by atomic mass is 19.4. The van der Waals surface area contributed by atoms with E-state index in [0.29, 0.717) is 5.56 Å². The van der Waals surface area contributed by atoms with Crippen LogP contribution in [0.2, 0.25) is 0 Å². The fraction of sp³-hybridized carbons (Fsp3) is 0.440. The van der Waals surface area contributed by atoms with Gasteiger partial charge in [0.15, 0.2) is 6.17 Å². The summed E-state index contributed by atoms with van der Waals surface area (Å²) >= 11 is 0. The molecule has 3 N–H and O–H groups in total. The first-order valence-corrected chi connectivity index (χ1v) is 11.4. The van der Waals surface area contributed by atoms with Crippen LogP contribution < -0.4 is 19.9 Å². The maximum Gasteiger partial charge on any atom is 0.573 e. The molecule has 0 radical (unpaired) electrons. The molecule has 0 saturated carbocycles. The lowest BCUT2D eigenvalue weighted by atomic mass is 10.0. The number of aliphatic hydroxyl groups is 1. The number of alkyl halides is 4. The van der Waals surface area contributed by atoms with Gasteiger partial charge in [0.2, 0.25) is 5.91 Å². The van der Waals surface area contributed by atoms with Crippen molar-refractivity contribution in [2.24, 2.45) is 5.73 Å². The Morgan fingerprint density at radius 2 is 1.76 bits per heavy atom. The number of halogens is 4. The number of rotatable bonds is 9. The SMILES string of the molecule is CC(C)(O)COc1ccc(C(N)=O)c(O[C@@H]2CCN(C(=O)Cc3ccc(OC(F)(F)F)cc3)C[C@H]2F)c1. The molecule has 1 fully saturated rings. The number of hydrogen-bond donors (Lipinski definition) is 2. The van der Waals surface area contributed by atoms with Crippen molar-refractivity contribution in [1.29, 1.82) is 0 Å². The predicted molar refractivity (Wildman–Crippen MR) is 124 cm³/mol. The summed E-state index contributed by atoms with van der Waals surface area (Å²) in [6, 6.07) is 9.12. The van der Waals surface area contributed by atoms with Crippen LogP contribution in [0, 0.1) is 0 Å². The lowest BCUT2D eigenvalue weighted by molar-refractivity contribution is -0.274. The highest BCUT2D eigenvalue weighted by molar-refractivity contribution is 5.95. The highest BCUT2D eigenvalue weighted by Gasteiger charge is 2.34. The summed E-state index contributed by atoms with van der Waals surface area (Å²) in [4.78, 5) is 25.8. The van der Waals surface area contributed by atoms with Crippen molar-refractivity contribution >= 4 is 11.8 Å². The van der Waals surface area contributed by atoms with Crippen molar-refractivity contribution in [1.82, 2.24) is 4.90 Å². The van der Waals surface area contributed by atoms with E-state index in [4.69, 9.17) is 15.2 Å². The number of benzene rings is 2. The number of nitrogens with zero attached hydrogens (tertiary/aromatic N) is 1. The molecule has 0 unspecified atom stereocenters. The molecule has 1 saturated heterocycles. The maximum absolute atomic E-state index is 15.0. The van der Waals surface area contributed by atoms with Crippen LogP contribution >= 0.6 is 0 Å². The molecule has 1 aliphatic heterocycles. The second-order valence-corrected chi connectivity index (χ2v) is 9.29. The minimum Gasteiger partial charge on any atom is -0.490 e. The molecular formula is C25H28F4N2O6. The molecule has 2 atom stereocenters. The van der Waals surface area contributed by atoms with Crippen LogP contribution in [-0.4, -0.2) is 65.8 Å². The Kier molecular flexibility index (Phi) is 8.52. The number of likely N-dealkylation sites (tertiary alicyclic amines) is 1. The van der Waals surface area contributed by atoms with Crippen LogP contribution in [0.1, 0.15) is 36.2 Å². The second kappa shape index (κ2) is 11.2. The molecule has 1 heterocycles. The molecule has 2 amide bonds. The Morgan fingerprint density at radius 3 is 2.32 bits per heavy atom. The van der Waals surface area contributed by atoms with Crippen LogP contribution in [-0.2, 0) is 11.2 Å². The van der Waals surface area contributed by atoms with E-state index in [9.17, 15) is 27.9 Å². The predicted octanol–water partition coefficient (Wildman–Crippen LogP) is 3.39. The zero-order valence-corrected chi connectivity index (χ0v) is 20.3. The van der Waals surface area contributed by atoms with Gasteiger partial charge in [-0.1, -0.05) is 12.1 Å². The van der Waals surface area contributed by atoms with Gasteiger partial charge in [0.25, 0.3) is 5.91 Å². The fourth-order valence-electron chi connectivity index (χ4n) is 3.65. The van der Waals surface area contributed by atoms with Crippen molar-refractivity contribution in [3.63, 3.8) is 0 Å². The second-order valence-electron chi connectivity index (χ2n) is 9.29. The van der Waals surface area contributed by atoms with Gasteiger partial charge in [-0.25, -0.2) is 4.39 Å². The molecule has 3 rings (SSSR count). The molecule has 0 spiro atoms. The number of hydrogen-bond acceptors (Lipinski definition) is 6. The van der Waals surface area contributed by atoms with Gasteiger partial charge in [0.1, 0.15) is 30.0 Å². The number of carbonyl (C=O) groups excluding carboxylic acids is 2. The number of carbonyl (C=O) groups is 2. The molecule has 0 bridgehead atoms. The van der Waals surface area contributed by atoms with Gasteiger partial charge in [-0.3, -0.25) is 9.59 Å². The quantitative estimate of drug-likeness (QED) is 0.483. The van der Waals surface area contributed by atoms with Gasteiger partial charge >= 0.3 is 6.36 Å². The summed E-state index contributed by atoms with van der Waals surface area (Å²) in [6.07, 6.45) is -7.37. The lowest BCUT2D eigenvalue weighted by Crippen LogP contribution is -2.49. The molecule has 202 valence electrons. The number of piperidine rings is 1. The lowest BCUT2D eigenvalue weighted by Gasteiger charge is -2.35. The molecule has 37 heavy (non-hydrogen) atoms. The Balaban J connectivity index is 1.60. The highest BCUT2D eigenvalue weighted by Crippen LogP contribution is 2.29. The van der Waals surface area contributed by atoms with Gasteiger partial charge in [0, 0.05) is 19.0 Å². The molecule has 1 aliphatic rings. The van der Waals surface area contributed by atoms with Gasteiger partial charge in [-0.15, -0.1) is 13.2 Å². The van der Waals surface area contributed by atoms with E-state index >= 15 is 4.39 Å². The first kappa shape index (κ1) is 28.0.